The van der Waals surface area contributed by atoms with Gasteiger partial charge in [0.2, 0.25) is 0 Å². The Labute approximate surface area is 146 Å². The summed E-state index contributed by atoms with van der Waals surface area (Å²) in [7, 11) is -5.83. The van der Waals surface area contributed by atoms with Gasteiger partial charge in [0.05, 0.1) is 0 Å². The van der Waals surface area contributed by atoms with Crippen molar-refractivity contribution in [3.63, 3.8) is 0 Å². The van der Waals surface area contributed by atoms with Gasteiger partial charge in [0, 0.05) is 0 Å². The molecule has 0 unspecified atom stereocenters. The first-order valence-corrected chi connectivity index (χ1v) is 1.41. The van der Waals surface area contributed by atoms with Crippen LogP contribution in [0.1, 0.15) is 0 Å². The normalized spacial score (nSPS) is 4.91. The Morgan fingerprint density at radius 1 is 0.636 bits per heavy atom. The quantitative estimate of drug-likeness (QED) is 0.345. The Bertz CT molecular complexity index is 36.1. The van der Waals surface area contributed by atoms with Crippen molar-refractivity contribution in [3.8, 4) is 0 Å². The van der Waals surface area contributed by atoms with Gasteiger partial charge in [0.25, 0.3) is 0 Å². The molecule has 0 rings (SSSR count). The molecule has 0 aliphatic carbocycles. The van der Waals surface area contributed by atoms with E-state index in [0.717, 1.165) is 0 Å². The van der Waals surface area contributed by atoms with E-state index < -0.39 is 14.6 Å². The fourth-order valence-corrected chi connectivity index (χ4v) is 0. The average Bonchev–Trinajstić information content (AvgIpc) is 1.25. The van der Waals surface area contributed by atoms with Gasteiger partial charge in [-0.1, -0.05) is 0 Å². The van der Waals surface area contributed by atoms with E-state index in [9.17, 15) is 0 Å². The van der Waals surface area contributed by atoms with Gasteiger partial charge in [-0.15, -0.1) is 0 Å². The first-order valence-electron chi connectivity index (χ1n) is 1.41. The second-order valence-corrected chi connectivity index (χ2v) is 0.577. The van der Waals surface area contributed by atoms with Crippen molar-refractivity contribution in [1.82, 2.24) is 0 Å². The molecule has 0 radical (unpaired) electrons. The van der Waals surface area contributed by atoms with Crippen LogP contribution >= 0.6 is 0 Å². The standard InChI is InChI=1S/2BO3.Ba.Li.Lu/c2*2-1(3)4;;;/q2*-3;+2;+1;+3. The van der Waals surface area contributed by atoms with Gasteiger partial charge in [-0.05, 0) is 0 Å². The Hall–Kier alpha value is 3.29. The Morgan fingerprint density at radius 3 is 0.636 bits per heavy atom. The molecule has 0 aliphatic heterocycles. The Morgan fingerprint density at radius 2 is 0.636 bits per heavy atom. The minimum Gasteiger partial charge on any atom is -0.907 e. The van der Waals surface area contributed by atoms with Crippen molar-refractivity contribution in [2.75, 3.05) is 0 Å². The molecule has 0 heterocycles. The van der Waals surface area contributed by atoms with Crippen molar-refractivity contribution in [2.24, 2.45) is 0 Å². The molecule has 0 fully saturated rings. The minimum atomic E-state index is -2.92. The molecule has 0 amide bonds. The predicted molar refractivity (Wildman–Crippen MR) is 17.3 cm³/mol. The van der Waals surface area contributed by atoms with E-state index in [1.165, 1.54) is 0 Å². The number of rotatable bonds is 0. The molecule has 0 aliphatic rings. The third-order valence-corrected chi connectivity index (χ3v) is 0. The Kier molecular flexibility index (Phi) is 61.8. The second-order valence-electron chi connectivity index (χ2n) is 0.577. The van der Waals surface area contributed by atoms with Crippen LogP contribution in [0.3, 0.4) is 0 Å². The van der Waals surface area contributed by atoms with Crippen LogP contribution in [-0.2, 0) is 0 Å². The molecule has 0 bridgehead atoms. The van der Waals surface area contributed by atoms with E-state index in [0.29, 0.717) is 0 Å². The predicted octanol–water partition coefficient (Wildman–Crippen LogP) is -11.3. The van der Waals surface area contributed by atoms with Crippen LogP contribution in [-0.4, -0.2) is 63.5 Å². The van der Waals surface area contributed by atoms with Crippen molar-refractivity contribution >= 4 is 63.5 Å². The van der Waals surface area contributed by atoms with E-state index in [-0.39, 0.29) is 105 Å². The summed E-state index contributed by atoms with van der Waals surface area (Å²) in [5, 5.41) is 50.5. The zero-order valence-corrected chi connectivity index (χ0v) is 11.7. The Balaban J connectivity index is -0.0000000171. The van der Waals surface area contributed by atoms with Gasteiger partial charge in [0.15, 0.2) is 0 Å². The monoisotopic (exact) mass is 438 g/mol. The van der Waals surface area contributed by atoms with Gasteiger partial charge in [-0.25, -0.2) is 0 Å². The zero-order valence-electron chi connectivity index (χ0n) is 5.57. The van der Waals surface area contributed by atoms with Crippen molar-refractivity contribution < 1.29 is 85.9 Å². The topological polar surface area (TPSA) is 138 Å². The molecule has 0 aromatic rings. The fraction of sp³-hybridized carbons (Fsp3) is 0. The summed E-state index contributed by atoms with van der Waals surface area (Å²) in [5.41, 5.74) is 0. The molecule has 60 valence electrons. The van der Waals surface area contributed by atoms with Crippen LogP contribution in [0.2, 0.25) is 0 Å². The van der Waals surface area contributed by atoms with E-state index in [2.05, 4.69) is 0 Å². The maximum absolute atomic E-state index is 8.42. The summed E-state index contributed by atoms with van der Waals surface area (Å²) < 4.78 is 0. The molecule has 11 heavy (non-hydrogen) atoms. The molecule has 11 heteroatoms. The number of hydrogen-bond acceptors (Lipinski definition) is 6. The third-order valence-electron chi connectivity index (χ3n) is 0. The maximum atomic E-state index is 8.42. The molecule has 0 spiro atoms. The van der Waals surface area contributed by atoms with Crippen molar-refractivity contribution in [3.05, 3.63) is 0 Å². The van der Waals surface area contributed by atoms with Crippen molar-refractivity contribution in [2.45, 2.75) is 0 Å². The maximum Gasteiger partial charge on any atom is 3.00 e. The SMILES string of the molecule is [Ba+2].[Li+].[Lu+3].[O-]B([O-])[O-].[O-]B([O-])[O-]. The van der Waals surface area contributed by atoms with E-state index in [1.54, 1.807) is 0 Å². The molecule has 0 saturated heterocycles. The van der Waals surface area contributed by atoms with Gasteiger partial charge >= 0.3 is 105 Å². The number of hydrogen-bond donors (Lipinski definition) is 0. The summed E-state index contributed by atoms with van der Waals surface area (Å²) in [6.07, 6.45) is 0. The molecule has 0 aromatic heterocycles. The molecular formula is B2BaLiLuO6. The second kappa shape index (κ2) is 23.3. The summed E-state index contributed by atoms with van der Waals surface area (Å²) >= 11 is 0. The third kappa shape index (κ3) is 156. The molecule has 0 N–H and O–H groups in total. The van der Waals surface area contributed by atoms with Crippen LogP contribution in [0.15, 0.2) is 0 Å². The smallest absolute Gasteiger partial charge is 0.907 e. The summed E-state index contributed by atoms with van der Waals surface area (Å²) in [5.74, 6) is 0. The molecular weight excluding hydrogens is 437 g/mol. The summed E-state index contributed by atoms with van der Waals surface area (Å²) in [6.45, 7) is 0. The van der Waals surface area contributed by atoms with Crippen LogP contribution in [0, 0.1) is 36.9 Å². The fourth-order valence-electron chi connectivity index (χ4n) is 0. The van der Waals surface area contributed by atoms with E-state index in [4.69, 9.17) is 30.1 Å². The van der Waals surface area contributed by atoms with Crippen molar-refractivity contribution in [1.29, 1.82) is 0 Å². The van der Waals surface area contributed by atoms with Crippen LogP contribution in [0.25, 0.3) is 0 Å². The summed E-state index contributed by atoms with van der Waals surface area (Å²) in [4.78, 5) is 0. The van der Waals surface area contributed by atoms with Gasteiger partial charge in [-0.2, -0.15) is 0 Å². The first-order chi connectivity index (χ1) is 3.46. The average molecular weight is 437 g/mol. The zero-order chi connectivity index (χ0) is 7.15. The minimum absolute atomic E-state index is 0. The largest absolute Gasteiger partial charge is 3.00 e. The molecule has 0 aromatic carbocycles. The van der Waals surface area contributed by atoms with E-state index >= 15 is 0 Å². The first kappa shape index (κ1) is 29.2. The van der Waals surface area contributed by atoms with E-state index in [1.807, 2.05) is 0 Å². The van der Waals surface area contributed by atoms with Gasteiger partial charge in [0.1, 0.15) is 0 Å². The van der Waals surface area contributed by atoms with Crippen LogP contribution in [0.5, 0.6) is 0 Å². The van der Waals surface area contributed by atoms with Gasteiger partial charge < -0.3 is 30.1 Å². The molecule has 0 saturated carbocycles. The molecule has 6 nitrogen and oxygen atoms in total. The van der Waals surface area contributed by atoms with Crippen LogP contribution < -0.4 is 49.0 Å². The summed E-state index contributed by atoms with van der Waals surface area (Å²) in [6, 6.07) is 0. The molecule has 0 atom stereocenters. The van der Waals surface area contributed by atoms with Crippen LogP contribution in [0.4, 0.5) is 0 Å². The van der Waals surface area contributed by atoms with Gasteiger partial charge in [-0.3, -0.25) is 14.6 Å².